The Labute approximate surface area is 822 Å². The molecular weight excluding hydrogens is 1940 g/mol. The Morgan fingerprint density at radius 1 is 0.345 bits per heavy atom. The summed E-state index contributed by atoms with van der Waals surface area (Å²) in [5, 5.41) is 18.6. The van der Waals surface area contributed by atoms with Gasteiger partial charge < -0.3 is 41.6 Å². The second kappa shape index (κ2) is 46.1. The first-order chi connectivity index (χ1) is 65.2. The van der Waals surface area contributed by atoms with Gasteiger partial charge in [-0.15, -0.1) is 0 Å². The number of halogens is 24. The number of hydrogen-bond donors (Lipinski definition) is 7. The molecule has 41 heteroatoms. The van der Waals surface area contributed by atoms with E-state index in [1.165, 1.54) is 27.7 Å². The summed E-state index contributed by atoms with van der Waals surface area (Å²) >= 11 is 0. The molecule has 16 nitrogen and oxygen atoms in total. The van der Waals surface area contributed by atoms with Gasteiger partial charge in [0, 0.05) is 47.6 Å². The number of nitrogens with zero attached hydrogens (tertiary/aromatic N) is 1. The van der Waals surface area contributed by atoms with E-state index in [2.05, 4.69) is 15.5 Å². The molecule has 4 saturated carbocycles. The summed E-state index contributed by atoms with van der Waals surface area (Å²) in [5.41, 5.74) is 4.57. The molecule has 11 N–H and O–H groups in total. The minimum atomic E-state index is -4.96. The number of alkyl halides is 24. The summed E-state index contributed by atoms with van der Waals surface area (Å²) < 4.78 is 341. The van der Waals surface area contributed by atoms with Crippen molar-refractivity contribution >= 4 is 17.6 Å². The number of ketones is 1. The number of carbonyl (C=O) groups is 3. The van der Waals surface area contributed by atoms with Crippen LogP contribution >= 0.6 is 0 Å². The summed E-state index contributed by atoms with van der Waals surface area (Å²) in [5.74, 6) is -1.21. The van der Waals surface area contributed by atoms with Crippen LogP contribution in [-0.2, 0) is 117 Å². The van der Waals surface area contributed by atoms with Crippen molar-refractivity contribution in [3.8, 4) is 0 Å². The number of Topliss-reactive ketones (excluding diaryl/α,β-unsaturated/α-hetero) is 1. The van der Waals surface area contributed by atoms with Gasteiger partial charge in [0.15, 0.2) is 0 Å². The van der Waals surface area contributed by atoms with Crippen LogP contribution in [0.15, 0.2) is 255 Å². The zero-order chi connectivity index (χ0) is 103. The smallest absolute Gasteiger partial charge is 0.870 e. The average Bonchev–Trinajstić information content (AvgIpc) is 0.721. The Balaban J connectivity index is 0.000000231. The van der Waals surface area contributed by atoms with E-state index in [0.29, 0.717) is 74.5 Å². The van der Waals surface area contributed by atoms with E-state index in [1.54, 1.807) is 42.5 Å². The van der Waals surface area contributed by atoms with Crippen LogP contribution in [0.1, 0.15) is 204 Å². The number of carbonyl (C=O) groups excluding carboxylic acids is 3. The Morgan fingerprint density at radius 2 is 0.556 bits per heavy atom. The number of hydrogen-bond acceptors (Lipinski definition) is 13. The van der Waals surface area contributed by atoms with Crippen molar-refractivity contribution < 1.29 is 184 Å². The predicted octanol–water partition coefficient (Wildman–Crippen LogP) is 22.2. The third-order valence-electron chi connectivity index (χ3n) is 25.3. The molecule has 760 valence electrons. The van der Waals surface area contributed by atoms with E-state index < -0.39 is 169 Å². The number of nitrogens with two attached hydrogens (primary N) is 3. The van der Waals surface area contributed by atoms with Gasteiger partial charge in [-0.3, -0.25) is 35.1 Å². The molecule has 0 radical (unpaired) electrons. The van der Waals surface area contributed by atoms with Crippen molar-refractivity contribution in [1.29, 1.82) is 0 Å². The normalized spacial score (nSPS) is 21.3. The van der Waals surface area contributed by atoms with Gasteiger partial charge in [-0.05, 0) is 182 Å². The molecule has 0 bridgehead atoms. The van der Waals surface area contributed by atoms with Crippen LogP contribution in [0.3, 0.4) is 0 Å². The van der Waals surface area contributed by atoms with E-state index in [4.69, 9.17) is 53.2 Å². The van der Waals surface area contributed by atoms with Crippen molar-refractivity contribution in [2.75, 3.05) is 26.4 Å². The molecule has 142 heavy (non-hydrogen) atoms. The molecule has 0 saturated heterocycles. The number of rotatable bonds is 28. The first-order valence-corrected chi connectivity index (χ1v) is 43.1. The third kappa shape index (κ3) is 29.1. The van der Waals surface area contributed by atoms with Gasteiger partial charge in [-0.25, -0.2) is 11.9 Å². The molecule has 10 aromatic rings. The molecule has 4 atom stereocenters. The third-order valence-corrected chi connectivity index (χ3v) is 25.3. The zero-order valence-corrected chi connectivity index (χ0v) is 78.4. The molecule has 2 amide bonds. The first kappa shape index (κ1) is 116. The van der Waals surface area contributed by atoms with Gasteiger partial charge in [0.1, 0.15) is 5.78 Å². The summed E-state index contributed by atoms with van der Waals surface area (Å²) in [4.78, 5) is 39.7. The van der Waals surface area contributed by atoms with E-state index in [9.17, 15) is 120 Å². The molecule has 0 heterocycles. The van der Waals surface area contributed by atoms with E-state index >= 15 is 0 Å². The minimum Gasteiger partial charge on any atom is -0.870 e. The van der Waals surface area contributed by atoms with Gasteiger partial charge in [0.25, 0.3) is 5.66 Å². The topological polar surface area (TPSA) is 265 Å². The summed E-state index contributed by atoms with van der Waals surface area (Å²) in [7, 11) is 0. The Kier molecular flexibility index (Phi) is 37.8. The summed E-state index contributed by atoms with van der Waals surface area (Å²) in [6.07, 6.45) is -41.8. The van der Waals surface area contributed by atoms with E-state index in [-0.39, 0.29) is 152 Å². The molecule has 4 aliphatic rings. The van der Waals surface area contributed by atoms with Crippen LogP contribution in [0.5, 0.6) is 0 Å². The van der Waals surface area contributed by atoms with E-state index in [0.717, 1.165) is 33.4 Å². The fraction of sp³-hybridized carbons (Fsp3) is 0.366. The molecule has 0 unspecified atom stereocenters. The van der Waals surface area contributed by atoms with Crippen LogP contribution in [0, 0.1) is 6.57 Å². The average molecular weight is 2030 g/mol. The van der Waals surface area contributed by atoms with Crippen LogP contribution in [0.2, 0.25) is 0 Å². The van der Waals surface area contributed by atoms with Gasteiger partial charge in [0.2, 0.25) is 11.8 Å². The predicted molar refractivity (Wildman–Crippen MR) is 469 cm³/mol. The Hall–Kier alpha value is -10.8. The Bertz CT molecular complexity index is 5740. The van der Waals surface area contributed by atoms with Crippen LogP contribution in [0.4, 0.5) is 105 Å². The van der Waals surface area contributed by atoms with Gasteiger partial charge in [-0.1, -0.05) is 182 Å². The quantitative estimate of drug-likeness (QED) is 0.00792. The monoisotopic (exact) mass is 2030 g/mol. The fourth-order valence-corrected chi connectivity index (χ4v) is 17.7. The molecule has 0 aliphatic heterocycles. The number of primary amides is 2. The molecule has 0 spiro atoms. The van der Waals surface area contributed by atoms with Crippen molar-refractivity contribution in [1.82, 2.24) is 10.6 Å². The number of benzene rings is 10. The van der Waals surface area contributed by atoms with Crippen molar-refractivity contribution in [2.45, 2.75) is 204 Å². The van der Waals surface area contributed by atoms with E-state index in [1.807, 2.05) is 140 Å². The molecule has 14 rings (SSSR count). The molecule has 4 fully saturated rings. The number of amides is 2. The van der Waals surface area contributed by atoms with Crippen LogP contribution < -0.4 is 57.4 Å². The standard InChI is InChI=1S/C29H28F6N2O2.C29H26F6N2O.C22H22F6N2O2.C21H18F6O2.Na.H2O2.H2O/c1-19(21-12-23(28(30,31)32)14-24(13-21)29(33,34)35)39-18-26(22-10-6-3-7-11-22)16-27(17-26,25(36)38)37-15-20-8-4-2-5-9-20;1-20(22-13-24(28(30,31)32)15-25(14-22)29(33,34)35)38-19-26(23-11-7-4-8-12-23)17-27(18-26,36-2)37-16-21-9-5-3-6-10-21;1-13(14-7-16(21(23,24)25)9-17(8-14)22(26,27)28)32-12-19(15-5-3-2-4-6-15)10-20(30,11-19)18(29)31;1-13(14-7-16(20(22,23)24)9-17(8-14)21(25,26)27)29-12-19(10-18(28)11-19)15-5-3-2-4-6-15;;1-2;/h2-14,19,37H,15-18H2,1H3,(H2,36,38);3-15,20,37H,16-19H2,1H3;2-9,13H,10-12,30H2,1H3,(H2,29,31);2-9,13H,10-12H2,1H3;;1-2H;1H2/q;;;;+1;;/p-1/t19-,26?,27?;20-,26?,27?;13-,19?,20?;13-;;;/m1111.../s1. The van der Waals surface area contributed by atoms with Gasteiger partial charge >= 0.3 is 79.0 Å². The van der Waals surface area contributed by atoms with Crippen molar-refractivity contribution in [2.24, 2.45) is 17.2 Å². The first-order valence-electron chi connectivity index (χ1n) is 43.1. The van der Waals surface area contributed by atoms with Crippen molar-refractivity contribution in [3.63, 3.8) is 0 Å². The summed E-state index contributed by atoms with van der Waals surface area (Å²) in [6, 6.07) is 61.2. The largest absolute Gasteiger partial charge is 1.00 e. The van der Waals surface area contributed by atoms with Gasteiger partial charge in [-0.2, -0.15) is 105 Å². The number of nitrogens with one attached hydrogen (secondary N) is 2. The van der Waals surface area contributed by atoms with Crippen molar-refractivity contribution in [3.05, 3.63) is 366 Å². The van der Waals surface area contributed by atoms with Crippen LogP contribution in [-0.4, -0.2) is 76.8 Å². The molecule has 4 aliphatic carbocycles. The second-order valence-electron chi connectivity index (χ2n) is 35.5. The fourth-order valence-electron chi connectivity index (χ4n) is 17.7. The second-order valence-corrected chi connectivity index (χ2v) is 35.5. The number of ether oxygens (including phenoxy) is 4. The molecule has 10 aromatic carbocycles. The van der Waals surface area contributed by atoms with Gasteiger partial charge in [0.05, 0.1) is 119 Å². The maximum absolute atomic E-state index is 13.4. The van der Waals surface area contributed by atoms with Crippen LogP contribution in [0.25, 0.3) is 4.85 Å². The SMILES string of the molecule is C[C@@H](OCC1(c2ccccc2)CC(=O)C1)c1cc(C(F)(F)F)cc(C(F)(F)F)c1.C[C@@H](OCC1(c2ccccc2)CC(N)(C(N)=O)C1)c1cc(C(F)(F)F)cc(C(F)(F)F)c1.C[C@@H](OCC1(c2ccccc2)CC(NCc2ccccc2)(C(N)=O)C1)c1cc(C(F)(F)F)cc(C(F)(F)F)c1.OO.[C-]#[N+]C1(NCc2ccccc2)CC(CO[C@H](C)c2cc(C(F)(F)F)cc(C(F)(F)F)c2)(c2ccccc2)C1.[Na+].[OH-]. The zero-order valence-electron chi connectivity index (χ0n) is 76.4. The summed E-state index contributed by atoms with van der Waals surface area (Å²) in [6.45, 7) is 14.2. The minimum absolute atomic E-state index is 0. The maximum atomic E-state index is 13.4. The maximum Gasteiger partial charge on any atom is 1.00 e. The Morgan fingerprint density at radius 3 is 0.775 bits per heavy atom. The molecular formula is C101H97F24N6NaO10. The molecule has 0 aromatic heterocycles.